The van der Waals surface area contributed by atoms with Gasteiger partial charge >= 0.3 is 6.18 Å². The van der Waals surface area contributed by atoms with E-state index in [1.165, 1.54) is 6.07 Å². The van der Waals surface area contributed by atoms with Crippen molar-refractivity contribution in [1.82, 2.24) is 20.2 Å². The first-order valence-electron chi connectivity index (χ1n) is 9.82. The van der Waals surface area contributed by atoms with Crippen molar-refractivity contribution >= 4 is 40.0 Å². The third kappa shape index (κ3) is 3.95. The highest BCUT2D eigenvalue weighted by atomic mass is 35.5. The van der Waals surface area contributed by atoms with Crippen LogP contribution >= 0.6 is 11.6 Å². The predicted octanol–water partition coefficient (Wildman–Crippen LogP) is 5.92. The second kappa shape index (κ2) is 8.31. The number of alkyl halides is 3. The summed E-state index contributed by atoms with van der Waals surface area (Å²) in [6, 6.07) is 11.0. The van der Waals surface area contributed by atoms with Crippen LogP contribution in [0.15, 0.2) is 48.7 Å². The molecule has 0 aliphatic carbocycles. The number of aromatic amines is 1. The standard InChI is InChI=1S/C22H20ClF3N6/c1-4-32(18-10-9-13(11-15(18)23)22(24,25)26)21-28-16-12-27-30-20(16)19(29-21)14-7-5-6-8-17(14)31(2)3/h5-12H,4H2,1-3H3,(H,27,30). The van der Waals surface area contributed by atoms with Gasteiger partial charge in [0.1, 0.15) is 16.7 Å². The van der Waals surface area contributed by atoms with Crippen molar-refractivity contribution in [2.45, 2.75) is 13.1 Å². The van der Waals surface area contributed by atoms with Crippen molar-refractivity contribution in [2.24, 2.45) is 0 Å². The third-order valence-corrected chi connectivity index (χ3v) is 5.36. The van der Waals surface area contributed by atoms with Crippen LogP contribution in [0.2, 0.25) is 5.02 Å². The van der Waals surface area contributed by atoms with Crippen LogP contribution < -0.4 is 9.80 Å². The lowest BCUT2D eigenvalue weighted by Gasteiger charge is -2.24. The molecule has 6 nitrogen and oxygen atoms in total. The summed E-state index contributed by atoms with van der Waals surface area (Å²) in [7, 11) is 3.87. The lowest BCUT2D eigenvalue weighted by atomic mass is 10.1. The Morgan fingerprint density at radius 3 is 2.44 bits per heavy atom. The number of hydrogen-bond acceptors (Lipinski definition) is 5. The zero-order valence-corrected chi connectivity index (χ0v) is 18.3. The summed E-state index contributed by atoms with van der Waals surface area (Å²) >= 11 is 6.26. The monoisotopic (exact) mass is 460 g/mol. The molecule has 0 bridgehead atoms. The van der Waals surface area contributed by atoms with Gasteiger partial charge in [0.15, 0.2) is 0 Å². The van der Waals surface area contributed by atoms with E-state index < -0.39 is 11.7 Å². The average molecular weight is 461 g/mol. The number of nitrogens with one attached hydrogen (secondary N) is 1. The number of para-hydroxylation sites is 1. The molecule has 2 aromatic carbocycles. The maximum Gasteiger partial charge on any atom is 0.416 e. The second-order valence-electron chi connectivity index (χ2n) is 7.32. The van der Waals surface area contributed by atoms with Crippen LogP contribution in [0.3, 0.4) is 0 Å². The van der Waals surface area contributed by atoms with Gasteiger partial charge in [0.25, 0.3) is 0 Å². The second-order valence-corrected chi connectivity index (χ2v) is 7.73. The number of H-pyrrole nitrogens is 1. The van der Waals surface area contributed by atoms with Gasteiger partial charge in [-0.15, -0.1) is 0 Å². The van der Waals surface area contributed by atoms with Crippen molar-refractivity contribution in [3.8, 4) is 11.3 Å². The highest BCUT2D eigenvalue weighted by Gasteiger charge is 2.31. The van der Waals surface area contributed by atoms with Crippen molar-refractivity contribution in [2.75, 3.05) is 30.4 Å². The molecular formula is C22H20ClF3N6. The Morgan fingerprint density at radius 2 is 1.78 bits per heavy atom. The minimum Gasteiger partial charge on any atom is -0.377 e. The quantitative estimate of drug-likeness (QED) is 0.401. The molecule has 4 rings (SSSR count). The molecule has 0 aliphatic heterocycles. The Labute approximate surface area is 187 Å². The first kappa shape index (κ1) is 21.9. The van der Waals surface area contributed by atoms with Gasteiger partial charge < -0.3 is 9.80 Å². The minimum atomic E-state index is -4.48. The zero-order chi connectivity index (χ0) is 23.0. The number of fused-ring (bicyclic) bond motifs is 1. The van der Waals surface area contributed by atoms with Crippen molar-refractivity contribution in [3.05, 3.63) is 59.2 Å². The maximum absolute atomic E-state index is 13.1. The van der Waals surface area contributed by atoms with Crippen molar-refractivity contribution in [3.63, 3.8) is 0 Å². The van der Waals surface area contributed by atoms with Gasteiger partial charge in [-0.25, -0.2) is 9.97 Å². The van der Waals surface area contributed by atoms with Crippen molar-refractivity contribution < 1.29 is 13.2 Å². The smallest absolute Gasteiger partial charge is 0.377 e. The third-order valence-electron chi connectivity index (χ3n) is 5.05. The number of hydrogen-bond donors (Lipinski definition) is 1. The number of rotatable bonds is 5. The predicted molar refractivity (Wildman–Crippen MR) is 121 cm³/mol. The van der Waals surface area contributed by atoms with Crippen LogP contribution in [0, 0.1) is 0 Å². The Bertz CT molecular complexity index is 1270. The summed E-state index contributed by atoms with van der Waals surface area (Å²) in [5.74, 6) is 0.312. The molecule has 0 spiro atoms. The van der Waals surface area contributed by atoms with E-state index in [4.69, 9.17) is 16.6 Å². The first-order valence-corrected chi connectivity index (χ1v) is 10.2. The van der Waals surface area contributed by atoms with E-state index in [9.17, 15) is 13.2 Å². The molecule has 2 heterocycles. The van der Waals surface area contributed by atoms with Crippen LogP contribution in [0.4, 0.5) is 30.5 Å². The SMILES string of the molecule is CCN(c1nc(-c2ccccc2N(C)C)c2[nH]ncc2n1)c1ccc(C(F)(F)F)cc1Cl. The van der Waals surface area contributed by atoms with Gasteiger partial charge in [-0.05, 0) is 31.2 Å². The summed E-state index contributed by atoms with van der Waals surface area (Å²) in [6.07, 6.45) is -2.89. The molecule has 2 aromatic heterocycles. The largest absolute Gasteiger partial charge is 0.416 e. The van der Waals surface area contributed by atoms with E-state index in [2.05, 4.69) is 15.2 Å². The fraction of sp³-hybridized carbons (Fsp3) is 0.227. The molecule has 1 N–H and O–H groups in total. The van der Waals surface area contributed by atoms with Gasteiger partial charge in [-0.3, -0.25) is 5.10 Å². The average Bonchev–Trinajstić information content (AvgIpc) is 3.23. The highest BCUT2D eigenvalue weighted by molar-refractivity contribution is 6.33. The van der Waals surface area contributed by atoms with E-state index in [1.807, 2.05) is 50.2 Å². The number of aromatic nitrogens is 4. The van der Waals surface area contributed by atoms with Crippen LogP contribution in [0.25, 0.3) is 22.3 Å². The summed E-state index contributed by atoms with van der Waals surface area (Å²) in [4.78, 5) is 13.0. The molecule has 4 aromatic rings. The summed E-state index contributed by atoms with van der Waals surface area (Å²) in [6.45, 7) is 2.24. The molecule has 0 saturated heterocycles. The van der Waals surface area contributed by atoms with Gasteiger partial charge in [-0.2, -0.15) is 18.3 Å². The van der Waals surface area contributed by atoms with Gasteiger partial charge in [0.2, 0.25) is 5.95 Å². The Kier molecular flexibility index (Phi) is 5.68. The summed E-state index contributed by atoms with van der Waals surface area (Å²) in [5, 5.41) is 7.02. The summed E-state index contributed by atoms with van der Waals surface area (Å²) < 4.78 is 39.2. The van der Waals surface area contributed by atoms with Crippen molar-refractivity contribution in [1.29, 1.82) is 0 Å². The number of benzene rings is 2. The van der Waals surface area contributed by atoms with E-state index in [0.29, 0.717) is 34.9 Å². The number of halogens is 4. The van der Waals surface area contributed by atoms with Crippen LogP contribution in [-0.4, -0.2) is 40.8 Å². The molecule has 166 valence electrons. The lowest BCUT2D eigenvalue weighted by molar-refractivity contribution is -0.137. The zero-order valence-electron chi connectivity index (χ0n) is 17.6. The Hall–Kier alpha value is -3.33. The highest BCUT2D eigenvalue weighted by Crippen LogP contribution is 2.38. The molecule has 32 heavy (non-hydrogen) atoms. The van der Waals surface area contributed by atoms with Crippen LogP contribution in [-0.2, 0) is 6.18 Å². The first-order chi connectivity index (χ1) is 15.2. The molecule has 0 atom stereocenters. The molecule has 0 amide bonds. The maximum atomic E-state index is 13.1. The van der Waals surface area contributed by atoms with E-state index in [0.717, 1.165) is 23.4 Å². The summed E-state index contributed by atoms with van der Waals surface area (Å²) in [5.41, 5.74) is 3.27. The van der Waals surface area contributed by atoms with Gasteiger partial charge in [0, 0.05) is 31.9 Å². The van der Waals surface area contributed by atoms with Crippen LogP contribution in [0.5, 0.6) is 0 Å². The Morgan fingerprint density at radius 1 is 1.03 bits per heavy atom. The minimum absolute atomic E-state index is 0.0344. The van der Waals surface area contributed by atoms with Crippen LogP contribution in [0.1, 0.15) is 12.5 Å². The lowest BCUT2D eigenvalue weighted by Crippen LogP contribution is -2.20. The van der Waals surface area contributed by atoms with Gasteiger partial charge in [0.05, 0.1) is 22.5 Å². The molecule has 10 heteroatoms. The Balaban J connectivity index is 1.89. The van der Waals surface area contributed by atoms with E-state index >= 15 is 0 Å². The molecule has 0 aliphatic rings. The van der Waals surface area contributed by atoms with Gasteiger partial charge in [-0.1, -0.05) is 29.8 Å². The number of nitrogens with zero attached hydrogens (tertiary/aromatic N) is 5. The van der Waals surface area contributed by atoms with E-state index in [-0.39, 0.29) is 5.02 Å². The molecular weight excluding hydrogens is 441 g/mol. The molecule has 0 radical (unpaired) electrons. The molecule has 0 fully saturated rings. The molecule has 0 saturated carbocycles. The normalized spacial score (nSPS) is 11.7. The number of anilines is 3. The molecule has 0 unspecified atom stereocenters. The van der Waals surface area contributed by atoms with E-state index in [1.54, 1.807) is 11.1 Å². The topological polar surface area (TPSA) is 60.9 Å². The fourth-order valence-electron chi connectivity index (χ4n) is 3.53. The fourth-order valence-corrected chi connectivity index (χ4v) is 3.81.